The molecule has 2 atom stereocenters. The molecule has 0 radical (unpaired) electrons. The molecule has 1 aromatic rings. The van der Waals surface area contributed by atoms with Crippen molar-refractivity contribution in [1.82, 2.24) is 0 Å². The van der Waals surface area contributed by atoms with Crippen molar-refractivity contribution in [2.75, 3.05) is 6.79 Å². The second-order valence-electron chi connectivity index (χ2n) is 3.49. The van der Waals surface area contributed by atoms with Gasteiger partial charge in [0.15, 0.2) is 11.5 Å². The summed E-state index contributed by atoms with van der Waals surface area (Å²) in [6, 6.07) is 3.16. The highest BCUT2D eigenvalue weighted by atomic mass is 79.9. The Hall–Kier alpha value is -0.780. The predicted octanol–water partition coefficient (Wildman–Crippen LogP) is 1.56. The normalized spacial score (nSPS) is 17.6. The summed E-state index contributed by atoms with van der Waals surface area (Å²) in [4.78, 5) is 0. The van der Waals surface area contributed by atoms with Crippen molar-refractivity contribution in [3.05, 3.63) is 22.2 Å². The van der Waals surface area contributed by atoms with Gasteiger partial charge < -0.3 is 20.3 Å². The monoisotopic (exact) mass is 273 g/mol. The van der Waals surface area contributed by atoms with E-state index in [1.807, 2.05) is 0 Å². The predicted molar refractivity (Wildman–Crippen MR) is 58.9 cm³/mol. The van der Waals surface area contributed by atoms with Crippen LogP contribution in [0.3, 0.4) is 0 Å². The largest absolute Gasteiger partial charge is 0.454 e. The van der Waals surface area contributed by atoms with Crippen molar-refractivity contribution in [3.8, 4) is 11.5 Å². The molecule has 0 aliphatic carbocycles. The molecule has 15 heavy (non-hydrogen) atoms. The Morgan fingerprint density at radius 1 is 1.40 bits per heavy atom. The van der Waals surface area contributed by atoms with Crippen LogP contribution in [0.5, 0.6) is 11.5 Å². The number of aliphatic hydroxyl groups is 1. The van der Waals surface area contributed by atoms with Gasteiger partial charge in [-0.15, -0.1) is 0 Å². The third kappa shape index (κ3) is 1.95. The zero-order chi connectivity index (χ0) is 11.0. The summed E-state index contributed by atoms with van der Waals surface area (Å²) in [6.07, 6.45) is -0.610. The lowest BCUT2D eigenvalue weighted by Crippen LogP contribution is -2.23. The lowest BCUT2D eigenvalue weighted by atomic mass is 10.0. The molecule has 82 valence electrons. The Kier molecular flexibility index (Phi) is 2.86. The summed E-state index contributed by atoms with van der Waals surface area (Å²) in [7, 11) is 0. The number of hydrogen-bond donors (Lipinski definition) is 2. The van der Waals surface area contributed by atoms with Gasteiger partial charge in [-0.05, 0) is 24.6 Å². The first-order valence-corrected chi connectivity index (χ1v) is 5.41. The average molecular weight is 274 g/mol. The fraction of sp³-hybridized carbons (Fsp3) is 0.400. The van der Waals surface area contributed by atoms with E-state index in [0.29, 0.717) is 11.5 Å². The zero-order valence-corrected chi connectivity index (χ0v) is 9.82. The van der Waals surface area contributed by atoms with Crippen LogP contribution >= 0.6 is 15.9 Å². The van der Waals surface area contributed by atoms with Crippen molar-refractivity contribution >= 4 is 15.9 Å². The van der Waals surface area contributed by atoms with Gasteiger partial charge in [-0.25, -0.2) is 0 Å². The molecule has 4 nitrogen and oxygen atoms in total. The summed E-state index contributed by atoms with van der Waals surface area (Å²) < 4.78 is 11.3. The molecular weight excluding hydrogens is 262 g/mol. The lowest BCUT2D eigenvalue weighted by molar-refractivity contribution is 0.163. The van der Waals surface area contributed by atoms with Gasteiger partial charge in [0.05, 0.1) is 12.1 Å². The molecule has 0 amide bonds. The Balaban J connectivity index is 2.40. The van der Waals surface area contributed by atoms with E-state index in [2.05, 4.69) is 15.9 Å². The zero-order valence-electron chi connectivity index (χ0n) is 8.24. The summed E-state index contributed by atoms with van der Waals surface area (Å²) in [5.74, 6) is 1.37. The number of benzene rings is 1. The highest BCUT2D eigenvalue weighted by molar-refractivity contribution is 9.10. The smallest absolute Gasteiger partial charge is 0.231 e. The van der Waals surface area contributed by atoms with Crippen LogP contribution in [-0.4, -0.2) is 18.0 Å². The van der Waals surface area contributed by atoms with Crippen LogP contribution in [0.2, 0.25) is 0 Å². The van der Waals surface area contributed by atoms with Gasteiger partial charge in [0.2, 0.25) is 6.79 Å². The minimum Gasteiger partial charge on any atom is -0.454 e. The fourth-order valence-electron chi connectivity index (χ4n) is 1.45. The third-order valence-electron chi connectivity index (χ3n) is 2.37. The molecule has 5 heteroatoms. The molecule has 2 rings (SSSR count). The lowest BCUT2D eigenvalue weighted by Gasteiger charge is -2.17. The minimum atomic E-state index is -0.610. The van der Waals surface area contributed by atoms with Gasteiger partial charge in [0, 0.05) is 4.47 Å². The van der Waals surface area contributed by atoms with Gasteiger partial charge in [-0.2, -0.15) is 0 Å². The van der Waals surface area contributed by atoms with Crippen LogP contribution in [0, 0.1) is 0 Å². The van der Waals surface area contributed by atoms with Crippen LogP contribution < -0.4 is 15.2 Å². The molecule has 0 spiro atoms. The Labute approximate surface area is 96.1 Å². The van der Waals surface area contributed by atoms with E-state index in [1.54, 1.807) is 19.1 Å². The van der Waals surface area contributed by atoms with Crippen LogP contribution in [0.1, 0.15) is 18.5 Å². The third-order valence-corrected chi connectivity index (χ3v) is 3.06. The SMILES string of the molecule is C[C@H](O)[C@H](N)c1cc2c(cc1Br)OCO2. The summed E-state index contributed by atoms with van der Waals surface area (Å²) in [5, 5.41) is 9.43. The van der Waals surface area contributed by atoms with Crippen LogP contribution in [0.4, 0.5) is 0 Å². The van der Waals surface area contributed by atoms with E-state index >= 15 is 0 Å². The van der Waals surface area contributed by atoms with Crippen LogP contribution in [-0.2, 0) is 0 Å². The quantitative estimate of drug-likeness (QED) is 0.859. The molecule has 0 unspecified atom stereocenters. The van der Waals surface area contributed by atoms with Crippen molar-refractivity contribution in [3.63, 3.8) is 0 Å². The topological polar surface area (TPSA) is 64.7 Å². The van der Waals surface area contributed by atoms with E-state index in [-0.39, 0.29) is 6.79 Å². The first kappa shape index (κ1) is 10.7. The molecule has 1 aliphatic heterocycles. The fourth-order valence-corrected chi connectivity index (χ4v) is 2.03. The number of fused-ring (bicyclic) bond motifs is 1. The van der Waals surface area contributed by atoms with Crippen molar-refractivity contribution < 1.29 is 14.6 Å². The highest BCUT2D eigenvalue weighted by Gasteiger charge is 2.21. The summed E-state index contributed by atoms with van der Waals surface area (Å²) in [6.45, 7) is 1.89. The summed E-state index contributed by atoms with van der Waals surface area (Å²) in [5.41, 5.74) is 6.67. The molecular formula is C10H12BrNO3. The molecule has 0 fully saturated rings. The second-order valence-corrected chi connectivity index (χ2v) is 4.35. The Morgan fingerprint density at radius 2 is 2.00 bits per heavy atom. The number of aliphatic hydroxyl groups excluding tert-OH is 1. The minimum absolute atomic E-state index is 0.231. The second kappa shape index (κ2) is 4.00. The van der Waals surface area contributed by atoms with E-state index in [0.717, 1.165) is 10.0 Å². The Morgan fingerprint density at radius 3 is 2.60 bits per heavy atom. The number of hydrogen-bond acceptors (Lipinski definition) is 4. The number of ether oxygens (including phenoxy) is 2. The van der Waals surface area contributed by atoms with Gasteiger partial charge in [-0.3, -0.25) is 0 Å². The van der Waals surface area contributed by atoms with E-state index < -0.39 is 12.1 Å². The molecule has 1 aliphatic rings. The first-order valence-electron chi connectivity index (χ1n) is 4.62. The van der Waals surface area contributed by atoms with Gasteiger partial charge in [0.1, 0.15) is 0 Å². The number of rotatable bonds is 2. The van der Waals surface area contributed by atoms with Crippen LogP contribution in [0.25, 0.3) is 0 Å². The van der Waals surface area contributed by atoms with Gasteiger partial charge in [0.25, 0.3) is 0 Å². The molecule has 0 saturated heterocycles. The highest BCUT2D eigenvalue weighted by Crippen LogP contribution is 2.39. The molecule has 1 heterocycles. The standard InChI is InChI=1S/C10H12BrNO3/c1-5(13)10(12)6-2-8-9(3-7(6)11)15-4-14-8/h2-3,5,10,13H,4,12H2,1H3/t5-,10-/m0/s1. The molecule has 0 saturated carbocycles. The van der Waals surface area contributed by atoms with Gasteiger partial charge >= 0.3 is 0 Å². The van der Waals surface area contributed by atoms with E-state index in [1.165, 1.54) is 0 Å². The van der Waals surface area contributed by atoms with E-state index in [4.69, 9.17) is 15.2 Å². The van der Waals surface area contributed by atoms with Crippen molar-refractivity contribution in [2.24, 2.45) is 5.73 Å². The maximum absolute atomic E-state index is 9.43. The molecule has 0 aromatic heterocycles. The average Bonchev–Trinajstić information content (AvgIpc) is 2.62. The number of nitrogens with two attached hydrogens (primary N) is 1. The van der Waals surface area contributed by atoms with Crippen molar-refractivity contribution in [1.29, 1.82) is 0 Å². The molecule has 1 aromatic carbocycles. The maximum atomic E-state index is 9.43. The summed E-state index contributed by atoms with van der Waals surface area (Å²) >= 11 is 3.39. The van der Waals surface area contributed by atoms with Gasteiger partial charge in [-0.1, -0.05) is 15.9 Å². The maximum Gasteiger partial charge on any atom is 0.231 e. The van der Waals surface area contributed by atoms with Crippen LogP contribution in [0.15, 0.2) is 16.6 Å². The van der Waals surface area contributed by atoms with Crippen molar-refractivity contribution in [2.45, 2.75) is 19.1 Å². The van der Waals surface area contributed by atoms with E-state index in [9.17, 15) is 5.11 Å². The Bertz CT molecular complexity index is 381. The number of halogens is 1. The molecule has 3 N–H and O–H groups in total. The molecule has 0 bridgehead atoms. The first-order chi connectivity index (χ1) is 7.09.